The van der Waals surface area contributed by atoms with Crippen LogP contribution in [0.4, 0.5) is 0 Å². The Morgan fingerprint density at radius 2 is 2.22 bits per heavy atom. The first-order valence-electron chi connectivity index (χ1n) is 6.07. The van der Waals surface area contributed by atoms with Crippen LogP contribution in [0.3, 0.4) is 0 Å². The predicted octanol–water partition coefficient (Wildman–Crippen LogP) is 2.80. The predicted molar refractivity (Wildman–Crippen MR) is 74.1 cm³/mol. The molecule has 0 bridgehead atoms. The highest BCUT2D eigenvalue weighted by molar-refractivity contribution is 6.43. The molecule has 1 amide bonds. The lowest BCUT2D eigenvalue weighted by Gasteiger charge is -2.32. The van der Waals surface area contributed by atoms with Crippen molar-refractivity contribution in [1.82, 2.24) is 4.90 Å². The SMILES string of the molecule is NCC1CCCN(C(=O)c2cccc(Cl)c2Cl)C1. The van der Waals surface area contributed by atoms with Gasteiger partial charge in [-0.3, -0.25) is 4.79 Å². The maximum Gasteiger partial charge on any atom is 0.255 e. The highest BCUT2D eigenvalue weighted by Gasteiger charge is 2.25. The molecule has 2 N–H and O–H groups in total. The maximum atomic E-state index is 12.4. The number of carbonyl (C=O) groups excluding carboxylic acids is 1. The van der Waals surface area contributed by atoms with Crippen LogP contribution in [-0.4, -0.2) is 30.4 Å². The van der Waals surface area contributed by atoms with Crippen molar-refractivity contribution in [1.29, 1.82) is 0 Å². The maximum absolute atomic E-state index is 12.4. The van der Waals surface area contributed by atoms with Crippen molar-refractivity contribution in [2.24, 2.45) is 11.7 Å². The van der Waals surface area contributed by atoms with Crippen LogP contribution in [-0.2, 0) is 0 Å². The number of likely N-dealkylation sites (tertiary alicyclic amines) is 1. The highest BCUT2D eigenvalue weighted by Crippen LogP contribution is 2.27. The largest absolute Gasteiger partial charge is 0.338 e. The molecule has 0 aliphatic carbocycles. The second-order valence-electron chi connectivity index (χ2n) is 4.60. The zero-order chi connectivity index (χ0) is 13.1. The fourth-order valence-corrected chi connectivity index (χ4v) is 2.66. The third-order valence-electron chi connectivity index (χ3n) is 3.32. The number of benzene rings is 1. The Balaban J connectivity index is 2.18. The number of piperidine rings is 1. The molecule has 0 spiro atoms. The van der Waals surface area contributed by atoms with Crippen molar-refractivity contribution in [2.75, 3.05) is 19.6 Å². The summed E-state index contributed by atoms with van der Waals surface area (Å²) < 4.78 is 0. The van der Waals surface area contributed by atoms with E-state index < -0.39 is 0 Å². The lowest BCUT2D eigenvalue weighted by atomic mass is 9.97. The summed E-state index contributed by atoms with van der Waals surface area (Å²) in [5.74, 6) is 0.335. The highest BCUT2D eigenvalue weighted by atomic mass is 35.5. The molecule has 1 saturated heterocycles. The summed E-state index contributed by atoms with van der Waals surface area (Å²) >= 11 is 12.0. The van der Waals surface area contributed by atoms with Gasteiger partial charge in [-0.2, -0.15) is 0 Å². The number of nitrogens with zero attached hydrogens (tertiary/aromatic N) is 1. The standard InChI is InChI=1S/C13H16Cl2N2O/c14-11-5-1-4-10(12(11)15)13(18)17-6-2-3-9(7-16)8-17/h1,4-5,9H,2-3,6-8,16H2. The van der Waals surface area contributed by atoms with Crippen molar-refractivity contribution in [3.05, 3.63) is 33.8 Å². The minimum atomic E-state index is -0.0550. The van der Waals surface area contributed by atoms with E-state index in [-0.39, 0.29) is 5.91 Å². The summed E-state index contributed by atoms with van der Waals surface area (Å²) in [5.41, 5.74) is 6.15. The molecule has 1 fully saturated rings. The summed E-state index contributed by atoms with van der Waals surface area (Å²) in [4.78, 5) is 14.2. The third-order valence-corrected chi connectivity index (χ3v) is 4.14. The van der Waals surface area contributed by atoms with Crippen molar-refractivity contribution in [3.63, 3.8) is 0 Å². The molecular formula is C13H16Cl2N2O. The van der Waals surface area contributed by atoms with Crippen LogP contribution in [0.5, 0.6) is 0 Å². The second-order valence-corrected chi connectivity index (χ2v) is 5.38. The third kappa shape index (κ3) is 2.79. The molecule has 18 heavy (non-hydrogen) atoms. The Morgan fingerprint density at radius 1 is 1.44 bits per heavy atom. The number of nitrogens with two attached hydrogens (primary N) is 1. The summed E-state index contributed by atoms with van der Waals surface area (Å²) in [5, 5.41) is 0.744. The van der Waals surface area contributed by atoms with E-state index in [2.05, 4.69) is 0 Å². The Morgan fingerprint density at radius 3 is 2.94 bits per heavy atom. The van der Waals surface area contributed by atoms with Crippen molar-refractivity contribution in [2.45, 2.75) is 12.8 Å². The molecule has 2 rings (SSSR count). The molecule has 98 valence electrons. The first-order chi connectivity index (χ1) is 8.63. The van der Waals surface area contributed by atoms with Gasteiger partial charge in [0.05, 0.1) is 15.6 Å². The van der Waals surface area contributed by atoms with Crippen LogP contribution in [0.1, 0.15) is 23.2 Å². The second kappa shape index (κ2) is 5.91. The van der Waals surface area contributed by atoms with E-state index >= 15 is 0 Å². The van der Waals surface area contributed by atoms with E-state index in [1.54, 1.807) is 18.2 Å². The quantitative estimate of drug-likeness (QED) is 0.909. The van der Waals surface area contributed by atoms with Gasteiger partial charge in [0.1, 0.15) is 0 Å². The molecule has 1 heterocycles. The van der Waals surface area contributed by atoms with Crippen molar-refractivity contribution < 1.29 is 4.79 Å². The number of rotatable bonds is 2. The molecule has 0 aromatic heterocycles. The lowest BCUT2D eigenvalue weighted by molar-refractivity contribution is 0.0678. The molecule has 1 unspecified atom stereocenters. The zero-order valence-corrected chi connectivity index (χ0v) is 11.5. The van der Waals surface area contributed by atoms with E-state index in [1.807, 2.05) is 4.90 Å². The minimum absolute atomic E-state index is 0.0550. The van der Waals surface area contributed by atoms with Gasteiger partial charge in [-0.15, -0.1) is 0 Å². The monoisotopic (exact) mass is 286 g/mol. The summed E-state index contributed by atoms with van der Waals surface area (Å²) in [6.45, 7) is 2.09. The number of carbonyl (C=O) groups is 1. The van der Waals surface area contributed by atoms with Gasteiger partial charge >= 0.3 is 0 Å². The summed E-state index contributed by atoms with van der Waals surface area (Å²) in [7, 11) is 0. The summed E-state index contributed by atoms with van der Waals surface area (Å²) in [6, 6.07) is 5.13. The number of hydrogen-bond donors (Lipinski definition) is 1. The van der Waals surface area contributed by atoms with Gasteiger partial charge in [-0.05, 0) is 37.4 Å². The average molecular weight is 287 g/mol. The Labute approximate surface area is 117 Å². The van der Waals surface area contributed by atoms with Gasteiger partial charge in [-0.1, -0.05) is 29.3 Å². The van der Waals surface area contributed by atoms with E-state index in [0.29, 0.717) is 34.6 Å². The van der Waals surface area contributed by atoms with E-state index in [4.69, 9.17) is 28.9 Å². The van der Waals surface area contributed by atoms with Crippen LogP contribution in [0.15, 0.2) is 18.2 Å². The van der Waals surface area contributed by atoms with Crippen LogP contribution < -0.4 is 5.73 Å². The molecule has 5 heteroatoms. The molecule has 1 atom stereocenters. The van der Waals surface area contributed by atoms with Gasteiger partial charge in [0.2, 0.25) is 0 Å². The first-order valence-corrected chi connectivity index (χ1v) is 6.82. The lowest BCUT2D eigenvalue weighted by Crippen LogP contribution is -2.42. The Kier molecular flexibility index (Phi) is 4.49. The van der Waals surface area contributed by atoms with Crippen molar-refractivity contribution >= 4 is 29.1 Å². The van der Waals surface area contributed by atoms with Crippen LogP contribution in [0.2, 0.25) is 10.0 Å². The number of hydrogen-bond acceptors (Lipinski definition) is 2. The van der Waals surface area contributed by atoms with Gasteiger partial charge < -0.3 is 10.6 Å². The minimum Gasteiger partial charge on any atom is -0.338 e. The molecule has 1 aromatic carbocycles. The van der Waals surface area contributed by atoms with Crippen LogP contribution >= 0.6 is 23.2 Å². The molecular weight excluding hydrogens is 271 g/mol. The van der Waals surface area contributed by atoms with Gasteiger partial charge in [0.15, 0.2) is 0 Å². The number of amides is 1. The fourth-order valence-electron chi connectivity index (χ4n) is 2.28. The smallest absolute Gasteiger partial charge is 0.255 e. The van der Waals surface area contributed by atoms with E-state index in [0.717, 1.165) is 19.4 Å². The van der Waals surface area contributed by atoms with Crippen LogP contribution in [0.25, 0.3) is 0 Å². The number of halogens is 2. The molecule has 0 saturated carbocycles. The Hall–Kier alpha value is -0.770. The van der Waals surface area contributed by atoms with E-state index in [9.17, 15) is 4.79 Å². The summed E-state index contributed by atoms with van der Waals surface area (Å²) in [6.07, 6.45) is 2.08. The van der Waals surface area contributed by atoms with Gasteiger partial charge in [0.25, 0.3) is 5.91 Å². The first kappa shape index (κ1) is 13.7. The molecule has 3 nitrogen and oxygen atoms in total. The topological polar surface area (TPSA) is 46.3 Å². The van der Waals surface area contributed by atoms with Crippen LogP contribution in [0, 0.1) is 5.92 Å². The average Bonchev–Trinajstić information content (AvgIpc) is 2.41. The Bertz CT molecular complexity index is 451. The normalized spacial score (nSPS) is 19.9. The van der Waals surface area contributed by atoms with E-state index in [1.165, 1.54) is 0 Å². The molecule has 0 radical (unpaired) electrons. The molecule has 1 aliphatic heterocycles. The fraction of sp³-hybridized carbons (Fsp3) is 0.462. The zero-order valence-electron chi connectivity index (χ0n) is 10.0. The van der Waals surface area contributed by atoms with Gasteiger partial charge in [0, 0.05) is 13.1 Å². The van der Waals surface area contributed by atoms with Gasteiger partial charge in [-0.25, -0.2) is 0 Å². The molecule has 1 aliphatic rings. The molecule has 1 aromatic rings. The van der Waals surface area contributed by atoms with Crippen molar-refractivity contribution in [3.8, 4) is 0 Å².